The van der Waals surface area contributed by atoms with Crippen molar-refractivity contribution < 1.29 is 14.3 Å². The maximum atomic E-state index is 11.8. The van der Waals surface area contributed by atoms with Crippen molar-refractivity contribution in [2.75, 3.05) is 6.61 Å². The largest absolute Gasteiger partial charge is 0.482 e. The van der Waals surface area contributed by atoms with E-state index in [9.17, 15) is 4.79 Å². The molecule has 0 radical (unpaired) electrons. The van der Waals surface area contributed by atoms with Crippen LogP contribution in [0.4, 0.5) is 0 Å². The van der Waals surface area contributed by atoms with E-state index in [0.29, 0.717) is 5.75 Å². The third kappa shape index (κ3) is 4.12. The molecule has 3 heteroatoms. The molecule has 0 N–H and O–H groups in total. The first-order valence-corrected chi connectivity index (χ1v) is 7.18. The molecule has 1 saturated carbocycles. The maximum absolute atomic E-state index is 11.8. The van der Waals surface area contributed by atoms with Gasteiger partial charge in [-0.15, -0.1) is 0 Å². The van der Waals surface area contributed by atoms with Gasteiger partial charge < -0.3 is 9.47 Å². The summed E-state index contributed by atoms with van der Waals surface area (Å²) < 4.78 is 11.0. The minimum atomic E-state index is -0.300. The van der Waals surface area contributed by atoms with Gasteiger partial charge in [-0.3, -0.25) is 0 Å². The van der Waals surface area contributed by atoms with Crippen LogP contribution in [0.3, 0.4) is 0 Å². The van der Waals surface area contributed by atoms with Crippen LogP contribution in [0.2, 0.25) is 0 Å². The third-order valence-corrected chi connectivity index (χ3v) is 3.74. The predicted octanol–water partition coefficient (Wildman–Crippen LogP) is 3.97. The van der Waals surface area contributed by atoms with E-state index in [4.69, 9.17) is 9.47 Å². The van der Waals surface area contributed by atoms with Gasteiger partial charge in [-0.25, -0.2) is 4.79 Å². The summed E-state index contributed by atoms with van der Waals surface area (Å²) in [5.41, 5.74) is 0.723. The van der Waals surface area contributed by atoms with Gasteiger partial charge in [0, 0.05) is 0 Å². The lowest BCUT2D eigenvalue weighted by Gasteiger charge is -2.33. The Morgan fingerprint density at radius 1 is 1.25 bits per heavy atom. The fourth-order valence-corrected chi connectivity index (χ4v) is 2.55. The molecule has 0 aliphatic heterocycles. The van der Waals surface area contributed by atoms with Crippen LogP contribution in [0, 0.1) is 0 Å². The molecule has 1 aliphatic carbocycles. The number of hydrogen-bond acceptors (Lipinski definition) is 3. The molecule has 2 rings (SSSR count). The zero-order chi connectivity index (χ0) is 14.4. The second kappa shape index (κ2) is 6.60. The van der Waals surface area contributed by atoms with Gasteiger partial charge in [-0.1, -0.05) is 31.2 Å². The number of carbonyl (C=O) groups is 1. The van der Waals surface area contributed by atoms with E-state index in [1.54, 1.807) is 6.08 Å². The molecule has 0 aromatic heterocycles. The lowest BCUT2D eigenvalue weighted by atomic mass is 9.86. The SMILES string of the molecule is C=Cc1ccc(OCC(=O)OC2(C)CCCCC2)cc1. The van der Waals surface area contributed by atoms with Gasteiger partial charge >= 0.3 is 5.97 Å². The highest BCUT2D eigenvalue weighted by molar-refractivity contribution is 5.71. The number of carbonyl (C=O) groups excluding carboxylic acids is 1. The van der Waals surface area contributed by atoms with E-state index in [-0.39, 0.29) is 18.2 Å². The molecule has 3 nitrogen and oxygen atoms in total. The van der Waals surface area contributed by atoms with Crippen LogP contribution in [0.15, 0.2) is 30.8 Å². The summed E-state index contributed by atoms with van der Waals surface area (Å²) in [6.45, 7) is 5.67. The van der Waals surface area contributed by atoms with Gasteiger partial charge in [0.15, 0.2) is 6.61 Å². The molecule has 0 bridgehead atoms. The second-order valence-electron chi connectivity index (χ2n) is 5.55. The number of rotatable bonds is 5. The molecule has 0 unspecified atom stereocenters. The Hall–Kier alpha value is -1.77. The van der Waals surface area contributed by atoms with Crippen molar-refractivity contribution in [2.45, 2.75) is 44.6 Å². The number of esters is 1. The Balaban J connectivity index is 1.80. The van der Waals surface area contributed by atoms with Crippen molar-refractivity contribution in [3.05, 3.63) is 36.4 Å². The molecule has 1 aliphatic rings. The molecule has 0 atom stereocenters. The Morgan fingerprint density at radius 2 is 1.90 bits per heavy atom. The Bertz CT molecular complexity index is 456. The fourth-order valence-electron chi connectivity index (χ4n) is 2.55. The van der Waals surface area contributed by atoms with Crippen molar-refractivity contribution >= 4 is 12.0 Å². The summed E-state index contributed by atoms with van der Waals surface area (Å²) in [5, 5.41) is 0. The van der Waals surface area contributed by atoms with Crippen molar-refractivity contribution in [2.24, 2.45) is 0 Å². The molecule has 108 valence electrons. The van der Waals surface area contributed by atoms with Gasteiger partial charge in [0.05, 0.1) is 0 Å². The van der Waals surface area contributed by atoms with Crippen molar-refractivity contribution in [1.82, 2.24) is 0 Å². The summed E-state index contributed by atoms with van der Waals surface area (Å²) in [4.78, 5) is 11.8. The van der Waals surface area contributed by atoms with Crippen molar-refractivity contribution in [3.8, 4) is 5.75 Å². The first kappa shape index (κ1) is 14.6. The lowest BCUT2D eigenvalue weighted by Crippen LogP contribution is -2.35. The molecule has 1 fully saturated rings. The van der Waals surface area contributed by atoms with Crippen molar-refractivity contribution in [3.63, 3.8) is 0 Å². The van der Waals surface area contributed by atoms with E-state index in [1.165, 1.54) is 6.42 Å². The Morgan fingerprint density at radius 3 is 2.50 bits per heavy atom. The molecule has 0 amide bonds. The highest BCUT2D eigenvalue weighted by atomic mass is 16.6. The van der Waals surface area contributed by atoms with Crippen LogP contribution in [0.25, 0.3) is 6.08 Å². The van der Waals surface area contributed by atoms with Crippen LogP contribution in [-0.2, 0) is 9.53 Å². The standard InChI is InChI=1S/C17H22O3/c1-3-14-7-9-15(10-8-14)19-13-16(18)20-17(2)11-5-4-6-12-17/h3,7-10H,1,4-6,11-13H2,2H3. The summed E-state index contributed by atoms with van der Waals surface area (Å²) in [5.74, 6) is 0.378. The van der Waals surface area contributed by atoms with Gasteiger partial charge in [0.2, 0.25) is 0 Å². The minimum Gasteiger partial charge on any atom is -0.482 e. The smallest absolute Gasteiger partial charge is 0.344 e. The average Bonchev–Trinajstić information content (AvgIpc) is 2.46. The van der Waals surface area contributed by atoms with Crippen LogP contribution in [0.1, 0.15) is 44.6 Å². The normalized spacial score (nSPS) is 17.2. The van der Waals surface area contributed by atoms with Gasteiger partial charge in [-0.2, -0.15) is 0 Å². The minimum absolute atomic E-state index is 0.0387. The Kier molecular flexibility index (Phi) is 4.83. The van der Waals surface area contributed by atoms with Crippen LogP contribution in [0.5, 0.6) is 5.75 Å². The van der Waals surface area contributed by atoms with Gasteiger partial charge in [-0.05, 0) is 50.3 Å². The number of benzene rings is 1. The Labute approximate surface area is 120 Å². The molecule has 0 spiro atoms. The van der Waals surface area contributed by atoms with Crippen LogP contribution in [-0.4, -0.2) is 18.2 Å². The topological polar surface area (TPSA) is 35.5 Å². The monoisotopic (exact) mass is 274 g/mol. The molecule has 0 heterocycles. The maximum Gasteiger partial charge on any atom is 0.344 e. The van der Waals surface area contributed by atoms with E-state index in [1.807, 2.05) is 31.2 Å². The summed E-state index contributed by atoms with van der Waals surface area (Å²) in [7, 11) is 0. The summed E-state index contributed by atoms with van der Waals surface area (Å²) >= 11 is 0. The summed E-state index contributed by atoms with van der Waals surface area (Å²) in [6, 6.07) is 7.45. The average molecular weight is 274 g/mol. The third-order valence-electron chi connectivity index (χ3n) is 3.74. The first-order valence-electron chi connectivity index (χ1n) is 7.18. The zero-order valence-electron chi connectivity index (χ0n) is 12.1. The first-order chi connectivity index (χ1) is 9.61. The highest BCUT2D eigenvalue weighted by Gasteiger charge is 2.30. The van der Waals surface area contributed by atoms with Gasteiger partial charge in [0.25, 0.3) is 0 Å². The predicted molar refractivity (Wildman–Crippen MR) is 79.6 cm³/mol. The highest BCUT2D eigenvalue weighted by Crippen LogP contribution is 2.31. The molecule has 1 aromatic carbocycles. The number of hydrogen-bond donors (Lipinski definition) is 0. The molecule has 1 aromatic rings. The fraction of sp³-hybridized carbons (Fsp3) is 0.471. The van der Waals surface area contributed by atoms with E-state index >= 15 is 0 Å². The lowest BCUT2D eigenvalue weighted by molar-refractivity contribution is -0.163. The summed E-state index contributed by atoms with van der Waals surface area (Å²) in [6.07, 6.45) is 7.17. The van der Waals surface area contributed by atoms with E-state index in [2.05, 4.69) is 6.58 Å². The van der Waals surface area contributed by atoms with E-state index in [0.717, 1.165) is 31.2 Å². The van der Waals surface area contributed by atoms with Crippen molar-refractivity contribution in [1.29, 1.82) is 0 Å². The zero-order valence-corrected chi connectivity index (χ0v) is 12.1. The van der Waals surface area contributed by atoms with Crippen LogP contribution >= 0.6 is 0 Å². The quantitative estimate of drug-likeness (QED) is 0.762. The van der Waals surface area contributed by atoms with Crippen LogP contribution < -0.4 is 4.74 Å². The molecular formula is C17H22O3. The van der Waals surface area contributed by atoms with Gasteiger partial charge in [0.1, 0.15) is 11.4 Å². The number of ether oxygens (including phenoxy) is 2. The second-order valence-corrected chi connectivity index (χ2v) is 5.55. The molecular weight excluding hydrogens is 252 g/mol. The molecule has 20 heavy (non-hydrogen) atoms. The molecule has 0 saturated heterocycles. The van der Waals surface area contributed by atoms with E-state index < -0.39 is 0 Å².